The largest absolute Gasteiger partial charge is 0.295 e. The van der Waals surface area contributed by atoms with Crippen molar-refractivity contribution in [2.75, 3.05) is 0 Å². The number of aromatic nitrogens is 3. The van der Waals surface area contributed by atoms with Crippen molar-refractivity contribution in [2.24, 2.45) is 4.99 Å². The van der Waals surface area contributed by atoms with E-state index in [4.69, 9.17) is 0 Å². The fraction of sp³-hybridized carbons (Fsp3) is 0.118. The first-order valence-corrected chi connectivity index (χ1v) is 7.50. The number of aliphatic imine (C=N–C) groups is 1. The molecule has 1 N–H and O–H groups in total. The van der Waals surface area contributed by atoms with Gasteiger partial charge in [-0.15, -0.1) is 0 Å². The topological polar surface area (TPSA) is 106 Å². The smallest absolute Gasteiger partial charge is 0.280 e. The second kappa shape index (κ2) is 6.52. The van der Waals surface area contributed by atoms with Gasteiger partial charge in [0.1, 0.15) is 0 Å². The summed E-state index contributed by atoms with van der Waals surface area (Å²) in [5.41, 5.74) is 1.84. The van der Waals surface area contributed by atoms with Crippen LogP contribution >= 0.6 is 0 Å². The summed E-state index contributed by atoms with van der Waals surface area (Å²) < 4.78 is 1.34. The fourth-order valence-corrected chi connectivity index (χ4v) is 2.53. The Morgan fingerprint density at radius 3 is 2.56 bits per heavy atom. The molecule has 1 aromatic carbocycles. The summed E-state index contributed by atoms with van der Waals surface area (Å²) in [6.45, 7) is 3.52. The Morgan fingerprint density at radius 2 is 1.96 bits per heavy atom. The molecule has 0 aliphatic heterocycles. The number of rotatable bonds is 4. The van der Waals surface area contributed by atoms with Crippen molar-refractivity contribution in [1.29, 1.82) is 0 Å². The summed E-state index contributed by atoms with van der Waals surface area (Å²) in [6, 6.07) is 11.1. The van der Waals surface area contributed by atoms with Crippen LogP contribution in [-0.2, 0) is 0 Å². The van der Waals surface area contributed by atoms with Crippen molar-refractivity contribution in [3.63, 3.8) is 0 Å². The van der Waals surface area contributed by atoms with Crippen LogP contribution in [0.15, 0.2) is 58.4 Å². The van der Waals surface area contributed by atoms with E-state index in [0.717, 1.165) is 0 Å². The maximum atomic E-state index is 12.7. The van der Waals surface area contributed by atoms with Crippen molar-refractivity contribution in [3.8, 4) is 5.69 Å². The lowest BCUT2D eigenvalue weighted by Crippen LogP contribution is -2.19. The van der Waals surface area contributed by atoms with Gasteiger partial charge >= 0.3 is 0 Å². The first kappa shape index (κ1) is 16.3. The molecule has 25 heavy (non-hydrogen) atoms. The molecule has 0 atom stereocenters. The van der Waals surface area contributed by atoms with Crippen LogP contribution in [0.1, 0.15) is 18.2 Å². The van der Waals surface area contributed by atoms with Gasteiger partial charge in [0.15, 0.2) is 5.82 Å². The van der Waals surface area contributed by atoms with Crippen molar-refractivity contribution in [2.45, 2.75) is 13.8 Å². The Labute approximate surface area is 142 Å². The van der Waals surface area contributed by atoms with Gasteiger partial charge in [0.05, 0.1) is 21.9 Å². The second-order valence-corrected chi connectivity index (χ2v) is 5.41. The Bertz CT molecular complexity index is 1000. The van der Waals surface area contributed by atoms with E-state index in [1.807, 2.05) is 6.07 Å². The van der Waals surface area contributed by atoms with Crippen molar-refractivity contribution in [1.82, 2.24) is 14.8 Å². The molecule has 0 amide bonds. The number of nitro groups is 1. The Kier molecular flexibility index (Phi) is 4.25. The average molecular weight is 337 g/mol. The van der Waals surface area contributed by atoms with Gasteiger partial charge in [-0.1, -0.05) is 6.07 Å². The van der Waals surface area contributed by atoms with Gasteiger partial charge < -0.3 is 0 Å². The quantitative estimate of drug-likeness (QED) is 0.449. The Morgan fingerprint density at radius 1 is 1.24 bits per heavy atom. The summed E-state index contributed by atoms with van der Waals surface area (Å²) >= 11 is 0. The number of nitro benzene ring substituents is 1. The third kappa shape index (κ3) is 3.23. The lowest BCUT2D eigenvalue weighted by atomic mass is 10.2. The van der Waals surface area contributed by atoms with E-state index in [9.17, 15) is 14.9 Å². The first-order valence-electron chi connectivity index (χ1n) is 7.50. The minimum atomic E-state index is -0.485. The number of pyridine rings is 1. The number of aryl methyl sites for hydroxylation is 1. The van der Waals surface area contributed by atoms with Gasteiger partial charge in [-0.3, -0.25) is 20.0 Å². The predicted molar refractivity (Wildman–Crippen MR) is 93.9 cm³/mol. The molecule has 0 fully saturated rings. The van der Waals surface area contributed by atoms with Gasteiger partial charge in [0, 0.05) is 24.0 Å². The third-order valence-electron chi connectivity index (χ3n) is 3.68. The zero-order chi connectivity index (χ0) is 18.0. The van der Waals surface area contributed by atoms with Crippen molar-refractivity contribution in [3.05, 3.63) is 80.4 Å². The summed E-state index contributed by atoms with van der Waals surface area (Å²) in [4.78, 5) is 31.5. The van der Waals surface area contributed by atoms with Crippen LogP contribution in [0.2, 0.25) is 0 Å². The van der Waals surface area contributed by atoms with Gasteiger partial charge in [0.2, 0.25) is 0 Å². The maximum Gasteiger partial charge on any atom is 0.280 e. The molecule has 0 saturated heterocycles. The highest BCUT2D eigenvalue weighted by Gasteiger charge is 2.16. The van der Waals surface area contributed by atoms with Gasteiger partial charge in [0.25, 0.3) is 11.2 Å². The monoisotopic (exact) mass is 337 g/mol. The van der Waals surface area contributed by atoms with Crippen molar-refractivity contribution < 1.29 is 4.92 Å². The molecule has 3 aromatic rings. The highest BCUT2D eigenvalue weighted by Crippen LogP contribution is 2.15. The van der Waals surface area contributed by atoms with E-state index in [2.05, 4.69) is 15.1 Å². The van der Waals surface area contributed by atoms with E-state index in [0.29, 0.717) is 28.5 Å². The molecule has 0 bridgehead atoms. The maximum absolute atomic E-state index is 12.7. The first-order chi connectivity index (χ1) is 12.0. The summed E-state index contributed by atoms with van der Waals surface area (Å²) in [7, 11) is 0. The van der Waals surface area contributed by atoms with Crippen molar-refractivity contribution >= 4 is 17.2 Å². The lowest BCUT2D eigenvalue weighted by molar-refractivity contribution is -0.384. The zero-order valence-electron chi connectivity index (χ0n) is 13.6. The number of hydrogen-bond acceptors (Lipinski definition) is 5. The second-order valence-electron chi connectivity index (χ2n) is 5.41. The minimum absolute atomic E-state index is 0.0341. The highest BCUT2D eigenvalue weighted by molar-refractivity contribution is 6.00. The summed E-state index contributed by atoms with van der Waals surface area (Å²) in [5.74, 6) is 0.516. The number of H-pyrrole nitrogens is 1. The standard InChI is InChI=1S/C17H15N5O3/c1-11(19-15-5-3-4-10-18-15)16-12(2)20-21(17(16)23)13-6-8-14(9-7-13)22(24)25/h3-10,20H,1-2H3. The van der Waals surface area contributed by atoms with Crippen LogP contribution in [0, 0.1) is 17.0 Å². The Balaban J connectivity index is 2.03. The summed E-state index contributed by atoms with van der Waals surface area (Å²) in [5, 5.41) is 13.7. The van der Waals surface area contributed by atoms with E-state index >= 15 is 0 Å². The summed E-state index contributed by atoms with van der Waals surface area (Å²) in [6.07, 6.45) is 1.63. The average Bonchev–Trinajstić information content (AvgIpc) is 2.90. The lowest BCUT2D eigenvalue weighted by Gasteiger charge is -2.00. The minimum Gasteiger partial charge on any atom is -0.295 e. The van der Waals surface area contributed by atoms with Gasteiger partial charge in [-0.05, 0) is 38.1 Å². The van der Waals surface area contributed by atoms with Gasteiger partial charge in [-0.2, -0.15) is 0 Å². The van der Waals surface area contributed by atoms with E-state index < -0.39 is 4.92 Å². The van der Waals surface area contributed by atoms with E-state index in [1.165, 1.54) is 28.9 Å². The number of benzene rings is 1. The van der Waals surface area contributed by atoms with Gasteiger partial charge in [-0.25, -0.2) is 14.7 Å². The fourth-order valence-electron chi connectivity index (χ4n) is 2.53. The molecular weight excluding hydrogens is 322 g/mol. The Hall–Kier alpha value is -3.55. The molecule has 0 spiro atoms. The van der Waals surface area contributed by atoms with E-state index in [1.54, 1.807) is 32.2 Å². The van der Waals surface area contributed by atoms with Crippen LogP contribution in [0.25, 0.3) is 5.69 Å². The number of nitrogens with one attached hydrogen (secondary N) is 1. The van der Waals surface area contributed by atoms with Crippen LogP contribution in [0.5, 0.6) is 0 Å². The van der Waals surface area contributed by atoms with Crippen LogP contribution in [-0.4, -0.2) is 25.4 Å². The molecule has 0 saturated carbocycles. The number of aromatic amines is 1. The third-order valence-corrected chi connectivity index (χ3v) is 3.68. The predicted octanol–water partition coefficient (Wildman–Crippen LogP) is 2.92. The molecule has 2 heterocycles. The zero-order valence-corrected chi connectivity index (χ0v) is 13.6. The molecule has 8 nitrogen and oxygen atoms in total. The normalized spacial score (nSPS) is 11.5. The van der Waals surface area contributed by atoms with Crippen LogP contribution < -0.4 is 5.56 Å². The molecule has 0 radical (unpaired) electrons. The van der Waals surface area contributed by atoms with Crippen LogP contribution in [0.3, 0.4) is 0 Å². The number of hydrogen-bond donors (Lipinski definition) is 1. The molecule has 0 unspecified atom stereocenters. The molecule has 126 valence electrons. The molecule has 3 rings (SSSR count). The molecular formula is C17H15N5O3. The highest BCUT2D eigenvalue weighted by atomic mass is 16.6. The number of non-ortho nitro benzene ring substituents is 1. The molecule has 8 heteroatoms. The molecule has 0 aliphatic carbocycles. The SMILES string of the molecule is CC(=Nc1ccccn1)c1c(C)[nH]n(-c2ccc([N+](=O)[O-])cc2)c1=O. The van der Waals surface area contributed by atoms with Crippen LogP contribution in [0.4, 0.5) is 11.5 Å². The van der Waals surface area contributed by atoms with E-state index in [-0.39, 0.29) is 11.2 Å². The number of nitrogens with zero attached hydrogens (tertiary/aromatic N) is 4. The molecule has 0 aliphatic rings. The molecule has 2 aromatic heterocycles.